The summed E-state index contributed by atoms with van der Waals surface area (Å²) in [4.78, 5) is 0. The maximum atomic E-state index is 11.7. The molecule has 0 radical (unpaired) electrons. The van der Waals surface area contributed by atoms with Gasteiger partial charge in [-0.2, -0.15) is 0 Å². The number of benzene rings is 1. The van der Waals surface area contributed by atoms with E-state index < -0.39 is 15.1 Å². The molecule has 1 N–H and O–H groups in total. The minimum absolute atomic E-state index is 0.184. The zero-order valence-electron chi connectivity index (χ0n) is 11.3. The average molecular weight is 324 g/mol. The third-order valence-electron chi connectivity index (χ3n) is 3.18. The Hall–Kier alpha value is -0.290. The van der Waals surface area contributed by atoms with Gasteiger partial charge in [0.1, 0.15) is 0 Å². The maximum absolute atomic E-state index is 11.7. The number of nitrogens with one attached hydrogen (secondary N) is 1. The lowest BCUT2D eigenvalue weighted by molar-refractivity contribution is 0.494. The monoisotopic (exact) mass is 323 g/mol. The highest BCUT2D eigenvalue weighted by Crippen LogP contribution is 2.27. The fourth-order valence-electron chi connectivity index (χ4n) is 1.91. The summed E-state index contributed by atoms with van der Waals surface area (Å²) in [7, 11) is -3.11. The lowest BCUT2D eigenvalue weighted by Gasteiger charge is -2.24. The molecule has 0 bridgehead atoms. The van der Waals surface area contributed by atoms with Gasteiger partial charge >= 0.3 is 0 Å². The Bertz CT molecular complexity index is 531. The summed E-state index contributed by atoms with van der Waals surface area (Å²) in [6, 6.07) is 5.22. The first-order chi connectivity index (χ1) is 8.77. The van der Waals surface area contributed by atoms with Gasteiger partial charge in [-0.25, -0.2) is 8.42 Å². The van der Waals surface area contributed by atoms with E-state index in [1.165, 1.54) is 6.26 Å². The van der Waals surface area contributed by atoms with Gasteiger partial charge in [0.05, 0.1) is 15.3 Å². The highest BCUT2D eigenvalue weighted by molar-refractivity contribution is 7.91. The van der Waals surface area contributed by atoms with Crippen LogP contribution in [0.5, 0.6) is 0 Å². The van der Waals surface area contributed by atoms with Crippen LogP contribution in [0.4, 0.5) is 0 Å². The van der Waals surface area contributed by atoms with Crippen molar-refractivity contribution in [1.82, 2.24) is 5.32 Å². The third kappa shape index (κ3) is 4.63. The number of likely N-dealkylation sites (N-methyl/N-ethyl adjacent to an activating group) is 1. The summed E-state index contributed by atoms with van der Waals surface area (Å²) in [5.41, 5.74) is 0.857. The van der Waals surface area contributed by atoms with E-state index in [-0.39, 0.29) is 6.04 Å². The number of hydrogen-bond acceptors (Lipinski definition) is 3. The maximum Gasteiger partial charge on any atom is 0.151 e. The molecule has 1 rings (SSSR count). The number of halogens is 2. The molecular weight excluding hydrogens is 305 g/mol. The van der Waals surface area contributed by atoms with Crippen LogP contribution in [-0.2, 0) is 16.3 Å². The molecule has 0 saturated heterocycles. The fourth-order valence-corrected chi connectivity index (χ4v) is 3.09. The number of rotatable bonds is 6. The van der Waals surface area contributed by atoms with Gasteiger partial charge < -0.3 is 5.32 Å². The van der Waals surface area contributed by atoms with Crippen LogP contribution in [0.3, 0.4) is 0 Å². The largest absolute Gasteiger partial charge is 0.313 e. The predicted molar refractivity (Wildman–Crippen MR) is 81.9 cm³/mol. The molecular formula is C13H19Cl2NO2S. The quantitative estimate of drug-likeness (QED) is 0.875. The molecule has 1 aromatic rings. The topological polar surface area (TPSA) is 46.2 Å². The van der Waals surface area contributed by atoms with Crippen LogP contribution in [0.2, 0.25) is 10.0 Å². The SMILES string of the molecule is CCNC(Cc1cccc(Cl)c1Cl)C(C)S(C)(=O)=O. The molecule has 0 aliphatic rings. The van der Waals surface area contributed by atoms with Crippen LogP contribution in [0.25, 0.3) is 0 Å². The summed E-state index contributed by atoms with van der Waals surface area (Å²) in [5, 5.41) is 3.70. The highest BCUT2D eigenvalue weighted by Gasteiger charge is 2.26. The highest BCUT2D eigenvalue weighted by atomic mass is 35.5. The van der Waals surface area contributed by atoms with E-state index in [1.54, 1.807) is 13.0 Å². The van der Waals surface area contributed by atoms with Gasteiger partial charge in [-0.3, -0.25) is 0 Å². The van der Waals surface area contributed by atoms with Gasteiger partial charge in [-0.05, 0) is 31.5 Å². The van der Waals surface area contributed by atoms with E-state index in [9.17, 15) is 8.42 Å². The summed E-state index contributed by atoms with van der Waals surface area (Å²) in [6.07, 6.45) is 1.78. The fraction of sp³-hybridized carbons (Fsp3) is 0.538. The summed E-state index contributed by atoms with van der Waals surface area (Å²) in [5.74, 6) is 0. The average Bonchev–Trinajstić information content (AvgIpc) is 2.32. The molecule has 108 valence electrons. The Morgan fingerprint density at radius 2 is 1.95 bits per heavy atom. The minimum Gasteiger partial charge on any atom is -0.313 e. The first kappa shape index (κ1) is 16.8. The predicted octanol–water partition coefficient (Wildman–Crippen LogP) is 2.95. The normalized spacial score (nSPS) is 15.2. The molecule has 0 aliphatic carbocycles. The first-order valence-corrected chi connectivity index (χ1v) is 8.83. The molecule has 0 saturated carbocycles. The van der Waals surface area contributed by atoms with Gasteiger partial charge in [0.25, 0.3) is 0 Å². The van der Waals surface area contributed by atoms with Crippen molar-refractivity contribution >= 4 is 33.0 Å². The molecule has 0 amide bonds. The minimum atomic E-state index is -3.11. The molecule has 1 aromatic carbocycles. The molecule has 0 fully saturated rings. The second-order valence-corrected chi connectivity index (χ2v) is 7.80. The van der Waals surface area contributed by atoms with Crippen molar-refractivity contribution in [3.63, 3.8) is 0 Å². The van der Waals surface area contributed by atoms with Gasteiger partial charge in [0.2, 0.25) is 0 Å². The zero-order valence-corrected chi connectivity index (χ0v) is 13.6. The van der Waals surface area contributed by atoms with Gasteiger partial charge in [-0.15, -0.1) is 0 Å². The van der Waals surface area contributed by atoms with Crippen LogP contribution < -0.4 is 5.32 Å². The Labute approximate surface area is 125 Å². The molecule has 2 unspecified atom stereocenters. The number of hydrogen-bond donors (Lipinski definition) is 1. The molecule has 6 heteroatoms. The smallest absolute Gasteiger partial charge is 0.151 e. The lowest BCUT2D eigenvalue weighted by atomic mass is 10.0. The van der Waals surface area contributed by atoms with Gasteiger partial charge in [0, 0.05) is 12.3 Å². The van der Waals surface area contributed by atoms with Crippen molar-refractivity contribution in [3.8, 4) is 0 Å². The second-order valence-electron chi connectivity index (χ2n) is 4.62. The van der Waals surface area contributed by atoms with Crippen LogP contribution in [0.15, 0.2) is 18.2 Å². The third-order valence-corrected chi connectivity index (χ3v) is 5.72. The van der Waals surface area contributed by atoms with Gasteiger partial charge in [-0.1, -0.05) is 42.3 Å². The van der Waals surface area contributed by atoms with Crippen molar-refractivity contribution in [2.75, 3.05) is 12.8 Å². The van der Waals surface area contributed by atoms with E-state index in [4.69, 9.17) is 23.2 Å². The van der Waals surface area contributed by atoms with Crippen molar-refractivity contribution in [2.24, 2.45) is 0 Å². The van der Waals surface area contributed by atoms with Crippen molar-refractivity contribution in [3.05, 3.63) is 33.8 Å². The molecule has 2 atom stereocenters. The Balaban J connectivity index is 2.99. The summed E-state index contributed by atoms with van der Waals surface area (Å²) >= 11 is 12.1. The van der Waals surface area contributed by atoms with E-state index in [1.807, 2.05) is 19.1 Å². The Kier molecular flexibility index (Phi) is 6.12. The van der Waals surface area contributed by atoms with Crippen molar-refractivity contribution in [1.29, 1.82) is 0 Å². The van der Waals surface area contributed by atoms with Gasteiger partial charge in [0.15, 0.2) is 9.84 Å². The Morgan fingerprint density at radius 3 is 2.47 bits per heavy atom. The van der Waals surface area contributed by atoms with Crippen LogP contribution in [0, 0.1) is 0 Å². The first-order valence-electron chi connectivity index (χ1n) is 6.12. The number of sulfone groups is 1. The lowest BCUT2D eigenvalue weighted by Crippen LogP contribution is -2.43. The Morgan fingerprint density at radius 1 is 1.32 bits per heavy atom. The summed E-state index contributed by atoms with van der Waals surface area (Å²) < 4.78 is 23.4. The van der Waals surface area contributed by atoms with E-state index in [0.717, 1.165) is 5.56 Å². The molecule has 0 aromatic heterocycles. The molecule has 0 heterocycles. The van der Waals surface area contributed by atoms with Crippen LogP contribution in [-0.4, -0.2) is 32.5 Å². The van der Waals surface area contributed by atoms with Crippen LogP contribution >= 0.6 is 23.2 Å². The standard InChI is InChI=1S/C13H19Cl2NO2S/c1-4-16-12(9(2)19(3,17)18)8-10-6-5-7-11(14)13(10)15/h5-7,9,12,16H,4,8H2,1-3H3. The molecule has 3 nitrogen and oxygen atoms in total. The van der Waals surface area contributed by atoms with E-state index in [0.29, 0.717) is 23.0 Å². The molecule has 0 aliphatic heterocycles. The van der Waals surface area contributed by atoms with Crippen molar-refractivity contribution < 1.29 is 8.42 Å². The van der Waals surface area contributed by atoms with E-state index >= 15 is 0 Å². The zero-order chi connectivity index (χ0) is 14.6. The van der Waals surface area contributed by atoms with Crippen molar-refractivity contribution in [2.45, 2.75) is 31.6 Å². The summed E-state index contributed by atoms with van der Waals surface area (Å²) in [6.45, 7) is 4.35. The van der Waals surface area contributed by atoms with Crippen LogP contribution in [0.1, 0.15) is 19.4 Å². The molecule has 0 spiro atoms. The molecule has 19 heavy (non-hydrogen) atoms. The van der Waals surface area contributed by atoms with E-state index in [2.05, 4.69) is 5.32 Å². The second kappa shape index (κ2) is 6.93.